The van der Waals surface area contributed by atoms with E-state index in [4.69, 9.17) is 15.8 Å². The highest BCUT2D eigenvalue weighted by atomic mass is 16.5. The molecule has 0 radical (unpaired) electrons. The third-order valence-corrected chi connectivity index (χ3v) is 8.83. The van der Waals surface area contributed by atoms with E-state index in [1.54, 1.807) is 6.07 Å². The van der Waals surface area contributed by atoms with Crippen molar-refractivity contribution in [3.05, 3.63) is 54.3 Å². The first-order valence-corrected chi connectivity index (χ1v) is 14.7. The molecule has 2 atom stereocenters. The summed E-state index contributed by atoms with van der Waals surface area (Å²) in [6, 6.07) is 14.0. The molecule has 6 heterocycles. The monoisotopic (exact) mass is 555 g/mol. The van der Waals surface area contributed by atoms with Crippen molar-refractivity contribution in [3.63, 3.8) is 0 Å². The molecular weight excluding hydrogens is 516 g/mol. The van der Waals surface area contributed by atoms with Crippen molar-refractivity contribution in [1.29, 1.82) is 5.26 Å². The van der Waals surface area contributed by atoms with Gasteiger partial charge in [-0.15, -0.1) is 0 Å². The topological polar surface area (TPSA) is 93.0 Å². The number of rotatable bonds is 5. The van der Waals surface area contributed by atoms with E-state index in [0.29, 0.717) is 11.1 Å². The van der Waals surface area contributed by atoms with Gasteiger partial charge in [0.25, 0.3) is 0 Å². The Morgan fingerprint density at radius 3 is 2.71 bits per heavy atom. The molecule has 4 saturated heterocycles. The van der Waals surface area contributed by atoms with Gasteiger partial charge in [0, 0.05) is 76.1 Å². The fourth-order valence-electron chi connectivity index (χ4n) is 6.76. The van der Waals surface area contributed by atoms with Gasteiger partial charge in [-0.25, -0.2) is 4.98 Å². The normalized spacial score (nSPS) is 25.2. The molecular formula is C31H38N8O2. The Hall–Kier alpha value is -3.49. The first-order valence-electron chi connectivity index (χ1n) is 15.2. The van der Waals surface area contributed by atoms with Gasteiger partial charge in [0.15, 0.2) is 0 Å². The zero-order valence-corrected chi connectivity index (χ0v) is 23.6. The molecule has 1 aromatic carbocycles. The summed E-state index contributed by atoms with van der Waals surface area (Å²) < 4.78 is 20.4. The van der Waals surface area contributed by atoms with Gasteiger partial charge in [0.05, 0.1) is 56.2 Å². The Kier molecular flexibility index (Phi) is 6.81. The molecule has 4 aliphatic heterocycles. The molecule has 4 aliphatic rings. The molecule has 0 aliphatic carbocycles. The van der Waals surface area contributed by atoms with E-state index in [-0.39, 0.29) is 24.0 Å². The molecule has 2 aromatic heterocycles. The summed E-state index contributed by atoms with van der Waals surface area (Å²) in [5.74, 6) is 1.02. The first kappa shape index (κ1) is 25.2. The lowest BCUT2D eigenvalue weighted by Crippen LogP contribution is -2.70. The van der Waals surface area contributed by atoms with Crippen LogP contribution in [0.3, 0.4) is 0 Å². The van der Waals surface area contributed by atoms with E-state index in [9.17, 15) is 5.26 Å². The average molecular weight is 556 g/mol. The van der Waals surface area contributed by atoms with Gasteiger partial charge in [-0.05, 0) is 43.3 Å². The third kappa shape index (κ3) is 5.31. The number of nitrogens with zero attached hydrogens (tertiary/aromatic N) is 7. The van der Waals surface area contributed by atoms with Crippen molar-refractivity contribution >= 4 is 28.1 Å². The maximum atomic E-state index is 9.57. The maximum Gasteiger partial charge on any atom is 0.128 e. The van der Waals surface area contributed by atoms with Crippen LogP contribution in [0.5, 0.6) is 0 Å². The van der Waals surface area contributed by atoms with E-state index in [1.165, 1.54) is 5.69 Å². The van der Waals surface area contributed by atoms with Crippen LogP contribution in [0.4, 0.5) is 17.2 Å². The number of nitrogens with one attached hydrogen (secondary N) is 1. The Morgan fingerprint density at radius 1 is 1.07 bits per heavy atom. The standard InChI is InChI=1S/C31H38N8O2/c1-23-17-38(28-6-4-24(15-32)30-27(28)3-2-8-34-30)19-26(41-23)18-36-10-12-37(13-11-36)25-5-7-29(35-16-25)39-21-31(22-39)20-33-9-14-40-31/h2-8,16,23,26,33H,9-14,17-22H2,1H3/t23-,26+/m1/s1/i8D. The highest BCUT2D eigenvalue weighted by molar-refractivity contribution is 5.95. The molecule has 1 N–H and O–H groups in total. The summed E-state index contributed by atoms with van der Waals surface area (Å²) in [5, 5.41) is 13.9. The number of fused-ring (bicyclic) bond motifs is 1. The van der Waals surface area contributed by atoms with Gasteiger partial charge in [0.2, 0.25) is 0 Å². The van der Waals surface area contributed by atoms with Gasteiger partial charge in [-0.1, -0.05) is 0 Å². The molecule has 3 aromatic rings. The minimum Gasteiger partial charge on any atom is -0.370 e. The van der Waals surface area contributed by atoms with Crippen molar-refractivity contribution in [1.82, 2.24) is 20.2 Å². The molecule has 10 heteroatoms. The predicted octanol–water partition coefficient (Wildman–Crippen LogP) is 2.10. The number of ether oxygens (including phenoxy) is 2. The quantitative estimate of drug-likeness (QED) is 0.505. The van der Waals surface area contributed by atoms with Crippen molar-refractivity contribution in [2.45, 2.75) is 24.7 Å². The minimum absolute atomic E-state index is 0.0366. The van der Waals surface area contributed by atoms with Crippen LogP contribution in [-0.2, 0) is 9.47 Å². The lowest BCUT2D eigenvalue weighted by Gasteiger charge is -2.52. The van der Waals surface area contributed by atoms with Crippen LogP contribution in [0.25, 0.3) is 10.9 Å². The van der Waals surface area contributed by atoms with Gasteiger partial charge in [0.1, 0.15) is 17.5 Å². The van der Waals surface area contributed by atoms with Crippen molar-refractivity contribution in [3.8, 4) is 6.07 Å². The Labute approximate surface area is 242 Å². The molecule has 0 amide bonds. The number of benzene rings is 1. The van der Waals surface area contributed by atoms with E-state index >= 15 is 0 Å². The van der Waals surface area contributed by atoms with E-state index in [2.05, 4.69) is 55.0 Å². The maximum absolute atomic E-state index is 9.57. The van der Waals surface area contributed by atoms with Crippen molar-refractivity contribution < 1.29 is 10.8 Å². The van der Waals surface area contributed by atoms with Gasteiger partial charge >= 0.3 is 0 Å². The highest BCUT2D eigenvalue weighted by Gasteiger charge is 2.45. The molecule has 0 bridgehead atoms. The van der Waals surface area contributed by atoms with Gasteiger partial charge in [-0.2, -0.15) is 5.26 Å². The number of anilines is 3. The zero-order valence-electron chi connectivity index (χ0n) is 24.6. The molecule has 1 spiro atoms. The summed E-state index contributed by atoms with van der Waals surface area (Å²) >= 11 is 0. The smallest absolute Gasteiger partial charge is 0.128 e. The number of piperazine rings is 1. The molecule has 10 nitrogen and oxygen atoms in total. The summed E-state index contributed by atoms with van der Waals surface area (Å²) in [4.78, 5) is 18.7. The number of morpholine rings is 2. The summed E-state index contributed by atoms with van der Waals surface area (Å²) in [6.07, 6.45) is 2.36. The molecule has 41 heavy (non-hydrogen) atoms. The SMILES string of the molecule is [2H]c1ccc2c(N3C[C@H](CN4CCN(c5ccc(N6CC7(CNCCO7)C6)nc5)CC4)O[C@H](C)C3)ccc(C#N)c2n1. The molecule has 4 fully saturated rings. The lowest BCUT2D eigenvalue weighted by molar-refractivity contribution is -0.0831. The van der Waals surface area contributed by atoms with Gasteiger partial charge < -0.3 is 29.5 Å². The molecule has 214 valence electrons. The summed E-state index contributed by atoms with van der Waals surface area (Å²) in [5.41, 5.74) is 3.29. The lowest BCUT2D eigenvalue weighted by atomic mass is 9.92. The van der Waals surface area contributed by atoms with E-state index in [0.717, 1.165) is 95.5 Å². The van der Waals surface area contributed by atoms with E-state index in [1.807, 2.05) is 24.4 Å². The molecule has 0 unspecified atom stereocenters. The molecule has 0 saturated carbocycles. The van der Waals surface area contributed by atoms with E-state index < -0.39 is 0 Å². The minimum atomic E-state index is -0.0366. The van der Waals surface area contributed by atoms with Crippen LogP contribution >= 0.6 is 0 Å². The zero-order chi connectivity index (χ0) is 28.7. The van der Waals surface area contributed by atoms with Crippen LogP contribution in [0.15, 0.2) is 48.8 Å². The Balaban J connectivity index is 0.945. The average Bonchev–Trinajstić information content (AvgIpc) is 3.00. The highest BCUT2D eigenvalue weighted by Crippen LogP contribution is 2.32. The van der Waals surface area contributed by atoms with Crippen LogP contribution in [0.2, 0.25) is 0 Å². The second kappa shape index (κ2) is 11.1. The number of pyridine rings is 2. The fourth-order valence-corrected chi connectivity index (χ4v) is 6.76. The molecule has 7 rings (SSSR count). The number of nitriles is 1. The summed E-state index contributed by atoms with van der Waals surface area (Å²) in [7, 11) is 0. The second-order valence-electron chi connectivity index (χ2n) is 11.8. The Bertz CT molecular complexity index is 1460. The van der Waals surface area contributed by atoms with Crippen molar-refractivity contribution in [2.75, 3.05) is 93.3 Å². The van der Waals surface area contributed by atoms with Crippen LogP contribution in [0.1, 0.15) is 13.9 Å². The summed E-state index contributed by atoms with van der Waals surface area (Å²) in [6.45, 7) is 12.9. The van der Waals surface area contributed by atoms with Crippen LogP contribution in [-0.4, -0.2) is 111 Å². The number of hydrogen-bond acceptors (Lipinski definition) is 10. The van der Waals surface area contributed by atoms with Crippen LogP contribution < -0.4 is 20.0 Å². The fraction of sp³-hybridized carbons (Fsp3) is 0.516. The number of aromatic nitrogens is 2. The largest absolute Gasteiger partial charge is 0.370 e. The first-order chi connectivity index (χ1) is 20.5. The third-order valence-electron chi connectivity index (χ3n) is 8.83. The second-order valence-corrected chi connectivity index (χ2v) is 11.8. The van der Waals surface area contributed by atoms with Crippen molar-refractivity contribution in [2.24, 2.45) is 0 Å². The Morgan fingerprint density at radius 2 is 1.95 bits per heavy atom. The number of hydrogen-bond donors (Lipinski definition) is 1. The predicted molar refractivity (Wildman–Crippen MR) is 160 cm³/mol. The van der Waals surface area contributed by atoms with Crippen LogP contribution in [0, 0.1) is 11.3 Å². The van der Waals surface area contributed by atoms with Gasteiger partial charge in [-0.3, -0.25) is 9.88 Å².